The number of hydrogen-bond donors (Lipinski definition) is 1. The summed E-state index contributed by atoms with van der Waals surface area (Å²) in [6.45, 7) is 4.17. The van der Waals surface area contributed by atoms with Crippen molar-refractivity contribution in [2.45, 2.75) is 76.5 Å². The maximum absolute atomic E-state index is 13.0. The molecular formula is C17H26N2OS. The van der Waals surface area contributed by atoms with Crippen molar-refractivity contribution in [3.8, 4) is 0 Å². The highest BCUT2D eigenvalue weighted by Crippen LogP contribution is 2.38. The molecule has 0 aromatic carbocycles. The van der Waals surface area contributed by atoms with E-state index in [1.807, 2.05) is 0 Å². The minimum Gasteiger partial charge on any atom is -0.317 e. The molecule has 21 heavy (non-hydrogen) atoms. The Kier molecular flexibility index (Phi) is 4.36. The zero-order valence-electron chi connectivity index (χ0n) is 13.1. The van der Waals surface area contributed by atoms with Gasteiger partial charge in [-0.15, -0.1) is 11.3 Å². The summed E-state index contributed by atoms with van der Waals surface area (Å²) < 4.78 is 0. The third kappa shape index (κ3) is 2.76. The highest BCUT2D eigenvalue weighted by Gasteiger charge is 2.49. The van der Waals surface area contributed by atoms with Crippen LogP contribution in [0, 0.1) is 0 Å². The Hall–Kier alpha value is -0.870. The van der Waals surface area contributed by atoms with Gasteiger partial charge >= 0.3 is 0 Å². The Bertz CT molecular complexity index is 479. The van der Waals surface area contributed by atoms with Gasteiger partial charge in [-0.1, -0.05) is 38.7 Å². The minimum absolute atomic E-state index is 0.0746. The fourth-order valence-electron chi connectivity index (χ4n) is 3.66. The van der Waals surface area contributed by atoms with Gasteiger partial charge in [0.1, 0.15) is 6.17 Å². The lowest BCUT2D eigenvalue weighted by Gasteiger charge is -2.32. The number of hydrogen-bond acceptors (Lipinski definition) is 3. The summed E-state index contributed by atoms with van der Waals surface area (Å²) in [4.78, 5) is 16.5. The highest BCUT2D eigenvalue weighted by atomic mass is 32.1. The van der Waals surface area contributed by atoms with E-state index >= 15 is 0 Å². The van der Waals surface area contributed by atoms with Crippen LogP contribution in [-0.2, 0) is 4.79 Å². The quantitative estimate of drug-likeness (QED) is 0.854. The van der Waals surface area contributed by atoms with E-state index < -0.39 is 5.54 Å². The molecule has 0 bridgehead atoms. The number of carbonyl (C=O) groups excluding carboxylic acids is 1. The van der Waals surface area contributed by atoms with Crippen LogP contribution in [0.25, 0.3) is 0 Å². The summed E-state index contributed by atoms with van der Waals surface area (Å²) >= 11 is 1.75. The Morgan fingerprint density at radius 3 is 2.62 bits per heavy atom. The highest BCUT2D eigenvalue weighted by molar-refractivity contribution is 7.10. The van der Waals surface area contributed by atoms with Crippen LogP contribution in [0.1, 0.15) is 69.8 Å². The summed E-state index contributed by atoms with van der Waals surface area (Å²) in [6, 6.07) is 4.65. The molecule has 2 atom stereocenters. The fraction of sp³-hybridized carbons (Fsp3) is 0.706. The van der Waals surface area contributed by atoms with Gasteiger partial charge in [-0.25, -0.2) is 0 Å². The van der Waals surface area contributed by atoms with Gasteiger partial charge in [-0.05, 0) is 37.6 Å². The largest absolute Gasteiger partial charge is 0.317 e. The van der Waals surface area contributed by atoms with Crippen LogP contribution in [-0.4, -0.2) is 22.4 Å². The monoisotopic (exact) mass is 306 g/mol. The molecule has 1 aromatic rings. The number of carbonyl (C=O) groups is 1. The van der Waals surface area contributed by atoms with Crippen LogP contribution in [0.2, 0.25) is 0 Å². The molecule has 4 heteroatoms. The average Bonchev–Trinajstić information content (AvgIpc) is 3.00. The topological polar surface area (TPSA) is 32.3 Å². The molecule has 1 aliphatic heterocycles. The first-order chi connectivity index (χ1) is 10.2. The molecule has 1 aromatic heterocycles. The predicted molar refractivity (Wildman–Crippen MR) is 87.2 cm³/mol. The van der Waals surface area contributed by atoms with Crippen molar-refractivity contribution in [1.29, 1.82) is 0 Å². The summed E-state index contributed by atoms with van der Waals surface area (Å²) in [7, 11) is 0. The first-order valence-corrected chi connectivity index (χ1v) is 9.17. The van der Waals surface area contributed by atoms with Crippen LogP contribution in [0.4, 0.5) is 0 Å². The first kappa shape index (κ1) is 15.0. The summed E-state index contributed by atoms with van der Waals surface area (Å²) in [5.41, 5.74) is -0.402. The van der Waals surface area contributed by atoms with Crippen molar-refractivity contribution in [2.24, 2.45) is 0 Å². The Morgan fingerprint density at radius 2 is 2.05 bits per heavy atom. The van der Waals surface area contributed by atoms with Gasteiger partial charge in [-0.2, -0.15) is 0 Å². The van der Waals surface area contributed by atoms with Crippen molar-refractivity contribution in [2.75, 3.05) is 0 Å². The summed E-state index contributed by atoms with van der Waals surface area (Å²) in [5, 5.41) is 5.73. The Morgan fingerprint density at radius 1 is 1.33 bits per heavy atom. The van der Waals surface area contributed by atoms with Crippen molar-refractivity contribution < 1.29 is 4.79 Å². The van der Waals surface area contributed by atoms with E-state index in [1.54, 1.807) is 11.3 Å². The summed E-state index contributed by atoms with van der Waals surface area (Å²) in [6.07, 6.45) is 8.40. The van der Waals surface area contributed by atoms with Gasteiger partial charge in [-0.3, -0.25) is 10.1 Å². The molecule has 1 N–H and O–H groups in total. The van der Waals surface area contributed by atoms with Crippen LogP contribution in [0.3, 0.4) is 0 Å². The molecule has 116 valence electrons. The smallest absolute Gasteiger partial charge is 0.244 e. The molecule has 2 aliphatic rings. The number of nitrogens with zero attached hydrogens (tertiary/aromatic N) is 1. The summed E-state index contributed by atoms with van der Waals surface area (Å²) in [5.74, 6) is 0.301. The van der Waals surface area contributed by atoms with Gasteiger partial charge in [0.2, 0.25) is 5.91 Å². The van der Waals surface area contributed by atoms with Crippen molar-refractivity contribution in [3.05, 3.63) is 22.4 Å². The van der Waals surface area contributed by atoms with E-state index in [4.69, 9.17) is 0 Å². The van der Waals surface area contributed by atoms with E-state index in [0.717, 1.165) is 19.3 Å². The lowest BCUT2D eigenvalue weighted by Crippen LogP contribution is -2.44. The first-order valence-electron chi connectivity index (χ1n) is 8.29. The van der Waals surface area contributed by atoms with Crippen LogP contribution < -0.4 is 5.32 Å². The van der Waals surface area contributed by atoms with Crippen LogP contribution in [0.15, 0.2) is 17.5 Å². The van der Waals surface area contributed by atoms with E-state index in [0.29, 0.717) is 11.9 Å². The standard InChI is InChI=1S/C17H26N2OS/c1-3-17(2)16(20)19(13-9-6-4-5-7-10-13)15(18-17)14-11-8-12-21-14/h8,11-13,15,18H,3-7,9-10H2,1-2H3. The molecule has 2 heterocycles. The van der Waals surface area contributed by atoms with E-state index in [2.05, 4.69) is 41.6 Å². The molecule has 1 aliphatic carbocycles. The van der Waals surface area contributed by atoms with Gasteiger partial charge in [0.05, 0.1) is 5.54 Å². The third-order valence-corrected chi connectivity index (χ3v) is 6.10. The second-order valence-electron chi connectivity index (χ2n) is 6.61. The number of amides is 1. The number of nitrogens with one attached hydrogen (secondary N) is 1. The molecule has 1 saturated heterocycles. The number of thiophene rings is 1. The Labute approximate surface area is 131 Å². The van der Waals surface area contributed by atoms with E-state index in [1.165, 1.54) is 30.6 Å². The molecule has 3 rings (SSSR count). The van der Waals surface area contributed by atoms with Crippen LogP contribution >= 0.6 is 11.3 Å². The molecule has 1 amide bonds. The van der Waals surface area contributed by atoms with Gasteiger partial charge in [0.15, 0.2) is 0 Å². The van der Waals surface area contributed by atoms with E-state index in [-0.39, 0.29) is 6.17 Å². The lowest BCUT2D eigenvalue weighted by molar-refractivity contribution is -0.135. The molecule has 0 radical (unpaired) electrons. The predicted octanol–water partition coefficient (Wildman–Crippen LogP) is 4.07. The molecule has 2 unspecified atom stereocenters. The van der Waals surface area contributed by atoms with Gasteiger partial charge < -0.3 is 4.90 Å². The lowest BCUT2D eigenvalue weighted by atomic mass is 9.98. The van der Waals surface area contributed by atoms with Crippen molar-refractivity contribution in [3.63, 3.8) is 0 Å². The van der Waals surface area contributed by atoms with Gasteiger partial charge in [0, 0.05) is 10.9 Å². The average molecular weight is 306 g/mol. The molecule has 0 spiro atoms. The minimum atomic E-state index is -0.402. The zero-order chi connectivity index (χ0) is 14.9. The van der Waals surface area contributed by atoms with Crippen molar-refractivity contribution in [1.82, 2.24) is 10.2 Å². The third-order valence-electron chi connectivity index (χ3n) is 5.18. The molecular weight excluding hydrogens is 280 g/mol. The maximum atomic E-state index is 13.0. The normalized spacial score (nSPS) is 31.6. The molecule has 1 saturated carbocycles. The van der Waals surface area contributed by atoms with E-state index in [9.17, 15) is 4.79 Å². The second-order valence-corrected chi connectivity index (χ2v) is 7.59. The maximum Gasteiger partial charge on any atom is 0.244 e. The molecule has 2 fully saturated rings. The zero-order valence-corrected chi connectivity index (χ0v) is 13.9. The Balaban J connectivity index is 1.91. The SMILES string of the molecule is CCC1(C)NC(c2cccs2)N(C2CCCCCC2)C1=O. The van der Waals surface area contributed by atoms with Crippen molar-refractivity contribution >= 4 is 17.2 Å². The number of rotatable bonds is 3. The van der Waals surface area contributed by atoms with Gasteiger partial charge in [0.25, 0.3) is 0 Å². The second kappa shape index (κ2) is 6.09. The van der Waals surface area contributed by atoms with Crippen LogP contribution in [0.5, 0.6) is 0 Å². The molecule has 3 nitrogen and oxygen atoms in total. The fourth-order valence-corrected chi connectivity index (χ4v) is 4.43.